The highest BCUT2D eigenvalue weighted by Crippen LogP contribution is 2.30. The summed E-state index contributed by atoms with van der Waals surface area (Å²) in [4.78, 5) is 4.20. The lowest BCUT2D eigenvalue weighted by Crippen LogP contribution is -2.41. The van der Waals surface area contributed by atoms with Crippen molar-refractivity contribution >= 4 is 5.96 Å². The molecule has 1 unspecified atom stereocenters. The van der Waals surface area contributed by atoms with Crippen LogP contribution in [0.25, 0.3) is 0 Å². The van der Waals surface area contributed by atoms with Crippen LogP contribution in [0.15, 0.2) is 35.5 Å². The highest BCUT2D eigenvalue weighted by Gasteiger charge is 2.36. The molecular formula is C18H23F4N5O. The van der Waals surface area contributed by atoms with Crippen molar-refractivity contribution in [3.8, 4) is 5.75 Å². The van der Waals surface area contributed by atoms with Crippen molar-refractivity contribution in [2.24, 2.45) is 12.0 Å². The fraction of sp³-hybridized carbons (Fsp3) is 0.444. The van der Waals surface area contributed by atoms with Gasteiger partial charge < -0.3 is 15.4 Å². The van der Waals surface area contributed by atoms with Crippen molar-refractivity contribution in [1.82, 2.24) is 20.4 Å². The third-order valence-electron chi connectivity index (χ3n) is 3.63. The van der Waals surface area contributed by atoms with Gasteiger partial charge in [0, 0.05) is 25.4 Å². The number of hydrogen-bond donors (Lipinski definition) is 2. The zero-order chi connectivity index (χ0) is 20.7. The van der Waals surface area contributed by atoms with Gasteiger partial charge in [0.1, 0.15) is 17.7 Å². The number of hydrogen-bond acceptors (Lipinski definition) is 3. The van der Waals surface area contributed by atoms with Crippen LogP contribution in [0.2, 0.25) is 0 Å². The topological polar surface area (TPSA) is 63.5 Å². The van der Waals surface area contributed by atoms with Crippen molar-refractivity contribution in [3.05, 3.63) is 47.5 Å². The van der Waals surface area contributed by atoms with Gasteiger partial charge in [-0.2, -0.15) is 18.3 Å². The molecule has 0 aliphatic heterocycles. The minimum atomic E-state index is -4.53. The largest absolute Gasteiger partial charge is 0.489 e. The van der Waals surface area contributed by atoms with Crippen LogP contribution in [0.3, 0.4) is 0 Å². The number of nitrogens with one attached hydrogen (secondary N) is 2. The number of nitrogens with zero attached hydrogens (tertiary/aromatic N) is 3. The lowest BCUT2D eigenvalue weighted by molar-refractivity contribution is -0.142. The lowest BCUT2D eigenvalue weighted by atomic mass is 10.2. The van der Waals surface area contributed by atoms with Gasteiger partial charge in [-0.25, -0.2) is 9.38 Å². The Labute approximate surface area is 160 Å². The van der Waals surface area contributed by atoms with Gasteiger partial charge in [-0.3, -0.25) is 4.68 Å². The zero-order valence-electron chi connectivity index (χ0n) is 15.8. The molecule has 1 heterocycles. The van der Waals surface area contributed by atoms with Gasteiger partial charge in [-0.1, -0.05) is 0 Å². The molecule has 1 aromatic carbocycles. The second-order valence-corrected chi connectivity index (χ2v) is 6.13. The molecule has 2 rings (SSSR count). The van der Waals surface area contributed by atoms with Crippen LogP contribution < -0.4 is 15.4 Å². The Morgan fingerprint density at radius 3 is 2.54 bits per heavy atom. The first-order valence-electron chi connectivity index (χ1n) is 8.73. The number of aryl methyl sites for hydroxylation is 1. The smallest absolute Gasteiger partial charge is 0.435 e. The SMILES string of the molecule is CCNC(=NCc1cn(C)nc1C(F)(F)F)NCC(C)Oc1ccc(F)cc1. The second kappa shape index (κ2) is 9.43. The number of ether oxygens (including phenoxy) is 1. The number of guanidine groups is 1. The van der Waals surface area contributed by atoms with Crippen LogP contribution in [-0.4, -0.2) is 34.9 Å². The van der Waals surface area contributed by atoms with E-state index in [1.165, 1.54) is 37.5 Å². The molecule has 0 radical (unpaired) electrons. The molecule has 154 valence electrons. The highest BCUT2D eigenvalue weighted by atomic mass is 19.4. The summed E-state index contributed by atoms with van der Waals surface area (Å²) in [6.45, 7) is 4.37. The molecule has 2 aromatic rings. The van der Waals surface area contributed by atoms with E-state index in [4.69, 9.17) is 4.74 Å². The zero-order valence-corrected chi connectivity index (χ0v) is 15.8. The molecule has 0 aliphatic rings. The molecule has 0 amide bonds. The molecule has 1 aromatic heterocycles. The molecular weight excluding hydrogens is 378 g/mol. The minimum Gasteiger partial charge on any atom is -0.489 e. The van der Waals surface area contributed by atoms with E-state index in [1.807, 2.05) is 13.8 Å². The normalized spacial score (nSPS) is 13.3. The fourth-order valence-corrected chi connectivity index (χ4v) is 2.43. The summed E-state index contributed by atoms with van der Waals surface area (Å²) in [6, 6.07) is 5.64. The summed E-state index contributed by atoms with van der Waals surface area (Å²) >= 11 is 0. The average molecular weight is 401 g/mol. The Bertz CT molecular complexity index is 786. The van der Waals surface area contributed by atoms with E-state index in [2.05, 4.69) is 20.7 Å². The summed E-state index contributed by atoms with van der Waals surface area (Å²) in [5.41, 5.74) is -0.953. The molecule has 0 spiro atoms. The van der Waals surface area contributed by atoms with Gasteiger partial charge >= 0.3 is 6.18 Å². The summed E-state index contributed by atoms with van der Waals surface area (Å²) in [5.74, 6) is 0.519. The molecule has 0 saturated heterocycles. The van der Waals surface area contributed by atoms with Gasteiger partial charge in [-0.15, -0.1) is 0 Å². The second-order valence-electron chi connectivity index (χ2n) is 6.13. The summed E-state index contributed by atoms with van der Waals surface area (Å²) < 4.78 is 58.8. The van der Waals surface area contributed by atoms with Crippen LogP contribution in [-0.2, 0) is 19.8 Å². The first-order chi connectivity index (χ1) is 13.2. The number of rotatable bonds is 7. The predicted octanol–water partition coefficient (Wildman–Crippen LogP) is 3.10. The Morgan fingerprint density at radius 1 is 1.25 bits per heavy atom. The summed E-state index contributed by atoms with van der Waals surface area (Å²) in [6.07, 6.45) is -3.51. The van der Waals surface area contributed by atoms with Crippen molar-refractivity contribution in [2.45, 2.75) is 32.7 Å². The maximum Gasteiger partial charge on any atom is 0.435 e. The number of aliphatic imine (C=N–C) groups is 1. The van der Waals surface area contributed by atoms with E-state index in [-0.39, 0.29) is 24.0 Å². The van der Waals surface area contributed by atoms with E-state index in [9.17, 15) is 17.6 Å². The quantitative estimate of drug-likeness (QED) is 0.425. The minimum absolute atomic E-state index is 0.0113. The number of alkyl halides is 3. The van der Waals surface area contributed by atoms with Gasteiger partial charge in [0.25, 0.3) is 0 Å². The molecule has 0 bridgehead atoms. The Morgan fingerprint density at radius 2 is 1.93 bits per heavy atom. The molecule has 1 atom stereocenters. The standard InChI is InChI=1S/C18H23F4N5O/c1-4-23-17(24-9-12(2)28-15-7-5-14(19)6-8-15)25-10-13-11-27(3)26-16(13)18(20,21)22/h5-8,11-12H,4,9-10H2,1-3H3,(H2,23,24,25). The van der Waals surface area contributed by atoms with Crippen LogP contribution in [0.5, 0.6) is 5.75 Å². The van der Waals surface area contributed by atoms with E-state index in [0.717, 1.165) is 4.68 Å². The van der Waals surface area contributed by atoms with Gasteiger partial charge in [-0.05, 0) is 38.1 Å². The average Bonchev–Trinajstić information content (AvgIpc) is 3.00. The van der Waals surface area contributed by atoms with Crippen LogP contribution in [0.1, 0.15) is 25.1 Å². The number of halogens is 4. The fourth-order valence-electron chi connectivity index (χ4n) is 2.43. The van der Waals surface area contributed by atoms with Gasteiger partial charge in [0.15, 0.2) is 11.7 Å². The van der Waals surface area contributed by atoms with E-state index in [0.29, 0.717) is 24.8 Å². The summed E-state index contributed by atoms with van der Waals surface area (Å²) in [7, 11) is 1.43. The van der Waals surface area contributed by atoms with E-state index in [1.54, 1.807) is 0 Å². The van der Waals surface area contributed by atoms with Crippen molar-refractivity contribution in [2.75, 3.05) is 13.1 Å². The van der Waals surface area contributed by atoms with Gasteiger partial charge in [0.05, 0.1) is 13.1 Å². The maximum absolute atomic E-state index is 13.0. The highest BCUT2D eigenvalue weighted by molar-refractivity contribution is 5.79. The van der Waals surface area contributed by atoms with Crippen molar-refractivity contribution in [1.29, 1.82) is 0 Å². The molecule has 6 nitrogen and oxygen atoms in total. The first kappa shape index (κ1) is 21.5. The molecule has 2 N–H and O–H groups in total. The van der Waals surface area contributed by atoms with Crippen molar-refractivity contribution in [3.63, 3.8) is 0 Å². The third-order valence-corrected chi connectivity index (χ3v) is 3.63. The number of aromatic nitrogens is 2. The Hall–Kier alpha value is -2.78. The Balaban J connectivity index is 1.98. The third kappa shape index (κ3) is 6.43. The van der Waals surface area contributed by atoms with Crippen LogP contribution in [0.4, 0.5) is 17.6 Å². The molecule has 10 heteroatoms. The Kier molecular flexibility index (Phi) is 7.24. The summed E-state index contributed by atoms with van der Waals surface area (Å²) in [5, 5.41) is 9.46. The maximum atomic E-state index is 13.0. The monoisotopic (exact) mass is 401 g/mol. The van der Waals surface area contributed by atoms with Crippen LogP contribution in [0, 0.1) is 5.82 Å². The predicted molar refractivity (Wildman–Crippen MR) is 97.5 cm³/mol. The lowest BCUT2D eigenvalue weighted by Gasteiger charge is -2.17. The van der Waals surface area contributed by atoms with E-state index >= 15 is 0 Å². The molecule has 0 saturated carbocycles. The molecule has 28 heavy (non-hydrogen) atoms. The first-order valence-corrected chi connectivity index (χ1v) is 8.73. The van der Waals surface area contributed by atoms with Crippen molar-refractivity contribution < 1.29 is 22.3 Å². The molecule has 0 aliphatic carbocycles. The number of benzene rings is 1. The van der Waals surface area contributed by atoms with Crippen LogP contribution >= 0.6 is 0 Å². The molecule has 0 fully saturated rings. The van der Waals surface area contributed by atoms with E-state index < -0.39 is 11.9 Å². The van der Waals surface area contributed by atoms with Gasteiger partial charge in [0.2, 0.25) is 0 Å².